The molecule has 0 spiro atoms. The third-order valence-corrected chi connectivity index (χ3v) is 11.5. The lowest BCUT2D eigenvalue weighted by atomic mass is 10.1. The first-order valence-corrected chi connectivity index (χ1v) is 13.6. The van der Waals surface area contributed by atoms with Gasteiger partial charge in [-0.05, 0) is 31.4 Å². The molecule has 0 bridgehead atoms. The van der Waals surface area contributed by atoms with Crippen molar-refractivity contribution >= 4 is 18.7 Å². The summed E-state index contributed by atoms with van der Waals surface area (Å²) in [5.41, 5.74) is 1.04. The topological polar surface area (TPSA) is 62.1 Å². The van der Waals surface area contributed by atoms with Crippen LogP contribution in [0.5, 0.6) is 0 Å². The Bertz CT molecular complexity index is 1170. The van der Waals surface area contributed by atoms with Gasteiger partial charge in [-0.1, -0.05) is 112 Å². The highest BCUT2D eigenvalue weighted by atomic mass is 28.4. The molecule has 7 heteroatoms. The summed E-state index contributed by atoms with van der Waals surface area (Å²) in [5, 5.41) is 14.8. The van der Waals surface area contributed by atoms with Crippen molar-refractivity contribution in [1.82, 2.24) is 20.2 Å². The Labute approximate surface area is 201 Å². The summed E-state index contributed by atoms with van der Waals surface area (Å²) >= 11 is 0. The molecule has 0 saturated heterocycles. The van der Waals surface area contributed by atoms with Crippen LogP contribution in [0.2, 0.25) is 5.04 Å². The minimum absolute atomic E-state index is 0.0941. The molecule has 0 radical (unpaired) electrons. The third-order valence-electron chi connectivity index (χ3n) is 6.50. The number of rotatable bonds is 6. The second-order valence-corrected chi connectivity index (χ2v) is 14.0. The van der Waals surface area contributed by atoms with E-state index in [4.69, 9.17) is 9.16 Å². The lowest BCUT2D eigenvalue weighted by Crippen LogP contribution is -2.67. The van der Waals surface area contributed by atoms with E-state index in [1.165, 1.54) is 10.4 Å². The molecule has 0 aliphatic carbocycles. The van der Waals surface area contributed by atoms with Gasteiger partial charge in [-0.15, -0.1) is 5.10 Å². The van der Waals surface area contributed by atoms with Crippen LogP contribution in [0.3, 0.4) is 0 Å². The number of nitrogens with zero attached hydrogens (tertiary/aromatic N) is 4. The van der Waals surface area contributed by atoms with E-state index in [-0.39, 0.29) is 17.2 Å². The molecule has 1 aromatic heterocycles. The van der Waals surface area contributed by atoms with Crippen LogP contribution in [0.1, 0.15) is 38.3 Å². The summed E-state index contributed by atoms with van der Waals surface area (Å²) in [6.07, 6.45) is -0.499. The van der Waals surface area contributed by atoms with E-state index in [0.29, 0.717) is 13.2 Å². The average molecular weight is 471 g/mol. The van der Waals surface area contributed by atoms with E-state index in [0.717, 1.165) is 11.4 Å². The van der Waals surface area contributed by atoms with E-state index in [1.54, 1.807) is 0 Å². The fourth-order valence-corrected chi connectivity index (χ4v) is 9.54. The number of benzene rings is 3. The lowest BCUT2D eigenvalue weighted by Gasteiger charge is -2.44. The number of tetrazole rings is 1. The fraction of sp³-hybridized carbons (Fsp3) is 0.296. The van der Waals surface area contributed by atoms with Crippen molar-refractivity contribution in [2.24, 2.45) is 0 Å². The van der Waals surface area contributed by atoms with Crippen molar-refractivity contribution in [2.45, 2.75) is 44.6 Å². The predicted molar refractivity (Wildman–Crippen MR) is 135 cm³/mol. The van der Waals surface area contributed by atoms with Crippen molar-refractivity contribution in [1.29, 1.82) is 0 Å². The Hall–Kier alpha value is -3.13. The summed E-state index contributed by atoms with van der Waals surface area (Å²) in [7, 11) is -2.65. The van der Waals surface area contributed by atoms with Gasteiger partial charge in [0.1, 0.15) is 12.2 Å². The summed E-state index contributed by atoms with van der Waals surface area (Å²) < 4.78 is 15.5. The highest BCUT2D eigenvalue weighted by Gasteiger charge is 2.50. The number of hydrogen-bond acceptors (Lipinski definition) is 5. The van der Waals surface area contributed by atoms with Crippen LogP contribution >= 0.6 is 0 Å². The van der Waals surface area contributed by atoms with Crippen molar-refractivity contribution < 1.29 is 9.16 Å². The highest BCUT2D eigenvalue weighted by Crippen LogP contribution is 2.37. The van der Waals surface area contributed by atoms with Crippen LogP contribution in [0.15, 0.2) is 91.0 Å². The first-order valence-electron chi connectivity index (χ1n) is 11.7. The Morgan fingerprint density at radius 2 is 1.44 bits per heavy atom. The number of ether oxygens (including phenoxy) is 1. The highest BCUT2D eigenvalue weighted by molar-refractivity contribution is 6.99. The Balaban J connectivity index is 1.50. The Morgan fingerprint density at radius 3 is 2.00 bits per heavy atom. The van der Waals surface area contributed by atoms with E-state index in [9.17, 15) is 0 Å². The molecule has 2 heterocycles. The first kappa shape index (κ1) is 22.6. The van der Waals surface area contributed by atoms with Crippen LogP contribution in [0.25, 0.3) is 0 Å². The zero-order chi connectivity index (χ0) is 23.6. The van der Waals surface area contributed by atoms with Crippen LogP contribution < -0.4 is 10.4 Å². The maximum Gasteiger partial charge on any atom is 0.261 e. The summed E-state index contributed by atoms with van der Waals surface area (Å²) in [6, 6.07) is 31.5. The number of aromatic nitrogens is 4. The monoisotopic (exact) mass is 470 g/mol. The zero-order valence-corrected chi connectivity index (χ0v) is 20.8. The molecule has 0 amide bonds. The zero-order valence-electron chi connectivity index (χ0n) is 19.8. The molecule has 6 nitrogen and oxygen atoms in total. The van der Waals surface area contributed by atoms with Gasteiger partial charge < -0.3 is 9.16 Å². The molecule has 5 rings (SSSR count). The summed E-state index contributed by atoms with van der Waals surface area (Å²) in [6.45, 7) is 7.87. The minimum Gasteiger partial charge on any atom is -0.405 e. The maximum atomic E-state index is 7.11. The molecular formula is C27H30N4O2Si. The van der Waals surface area contributed by atoms with Gasteiger partial charge in [0.25, 0.3) is 8.32 Å². The molecule has 34 heavy (non-hydrogen) atoms. The molecule has 1 aliphatic heterocycles. The normalized spacial score (nSPS) is 18.4. The van der Waals surface area contributed by atoms with Gasteiger partial charge in [-0.3, -0.25) is 0 Å². The van der Waals surface area contributed by atoms with Crippen molar-refractivity contribution in [3.05, 3.63) is 102 Å². The summed E-state index contributed by atoms with van der Waals surface area (Å²) in [4.78, 5) is 0. The van der Waals surface area contributed by atoms with Gasteiger partial charge in [0.15, 0.2) is 5.82 Å². The molecule has 2 atom stereocenters. The lowest BCUT2D eigenvalue weighted by molar-refractivity contribution is -0.0547. The van der Waals surface area contributed by atoms with Gasteiger partial charge in [0.2, 0.25) is 0 Å². The van der Waals surface area contributed by atoms with E-state index < -0.39 is 8.32 Å². The molecule has 0 N–H and O–H groups in total. The molecule has 174 valence electrons. The molecule has 0 fully saturated rings. The van der Waals surface area contributed by atoms with Gasteiger partial charge >= 0.3 is 0 Å². The first-order chi connectivity index (χ1) is 16.5. The Morgan fingerprint density at radius 1 is 0.882 bits per heavy atom. The van der Waals surface area contributed by atoms with Crippen molar-refractivity contribution in [3.63, 3.8) is 0 Å². The third kappa shape index (κ3) is 4.11. The standard InChI is InChI=1S/C27H30N4O2Si/c1-27(2,3)34(23-15-9-5-10-16-23,24-17-11-6-12-18-24)32-20-22-19-31-26(28-29-30-31)25(33-22)21-13-7-4-8-14-21/h4-18,22,25H,19-20H2,1-3H3/t22-,25-/m1/s1. The smallest absolute Gasteiger partial charge is 0.261 e. The fourth-order valence-electron chi connectivity index (χ4n) is 4.95. The maximum absolute atomic E-state index is 7.11. The van der Waals surface area contributed by atoms with Crippen LogP contribution in [-0.2, 0) is 15.7 Å². The SMILES string of the molecule is CC(C)(C)[Si](OC[C@H]1Cn2nnnc2[C@@H](c2ccccc2)O1)(c1ccccc1)c1ccccc1. The van der Waals surface area contributed by atoms with E-state index in [2.05, 4.69) is 109 Å². The predicted octanol–water partition coefficient (Wildman–Crippen LogP) is 3.74. The molecule has 0 saturated carbocycles. The van der Waals surface area contributed by atoms with Crippen LogP contribution in [0.4, 0.5) is 0 Å². The van der Waals surface area contributed by atoms with Gasteiger partial charge in [0, 0.05) is 0 Å². The average Bonchev–Trinajstić information content (AvgIpc) is 3.34. The largest absolute Gasteiger partial charge is 0.405 e. The second-order valence-electron chi connectivity index (χ2n) is 9.74. The number of fused-ring (bicyclic) bond motifs is 1. The van der Waals surface area contributed by atoms with Crippen LogP contribution in [-0.4, -0.2) is 41.2 Å². The molecule has 3 aromatic carbocycles. The van der Waals surface area contributed by atoms with Gasteiger partial charge in [0.05, 0.1) is 13.2 Å². The van der Waals surface area contributed by atoms with E-state index >= 15 is 0 Å². The molecule has 4 aromatic rings. The molecule has 0 unspecified atom stereocenters. The second kappa shape index (κ2) is 9.25. The molecular weight excluding hydrogens is 440 g/mol. The van der Waals surface area contributed by atoms with E-state index in [1.807, 2.05) is 22.9 Å². The van der Waals surface area contributed by atoms with Gasteiger partial charge in [-0.25, -0.2) is 4.68 Å². The Kier molecular flexibility index (Phi) is 6.16. The van der Waals surface area contributed by atoms with Crippen molar-refractivity contribution in [3.8, 4) is 0 Å². The van der Waals surface area contributed by atoms with Gasteiger partial charge in [-0.2, -0.15) is 0 Å². The number of hydrogen-bond donors (Lipinski definition) is 0. The van der Waals surface area contributed by atoms with Crippen molar-refractivity contribution in [2.75, 3.05) is 6.61 Å². The van der Waals surface area contributed by atoms with Crippen LogP contribution in [0, 0.1) is 0 Å². The molecule has 1 aliphatic rings. The minimum atomic E-state index is -2.65. The quantitative estimate of drug-likeness (QED) is 0.402. The summed E-state index contributed by atoms with van der Waals surface area (Å²) in [5.74, 6) is 0.730.